The summed E-state index contributed by atoms with van der Waals surface area (Å²) in [5.74, 6) is 0. The maximum atomic E-state index is 8.85. The summed E-state index contributed by atoms with van der Waals surface area (Å²) in [6.45, 7) is 0. The van der Waals surface area contributed by atoms with Gasteiger partial charge in [-0.05, 0) is 0 Å². The van der Waals surface area contributed by atoms with E-state index < -0.39 is 0 Å². The molecule has 0 saturated carbocycles. The Kier molecular flexibility index (Phi) is 25.5. The standard InChI is InChI=1S/CH3OS.B/c1-3-2;/h1H3;/q+1;. The highest BCUT2D eigenvalue weighted by molar-refractivity contribution is 7.64. The molecule has 0 bridgehead atoms. The molecule has 0 aromatic heterocycles. The van der Waals surface area contributed by atoms with E-state index in [-0.39, 0.29) is 8.41 Å². The molecule has 0 spiro atoms. The molecule has 0 aliphatic carbocycles. The SMILES string of the molecule is C[S+]=O.[B]. The van der Waals surface area contributed by atoms with Gasteiger partial charge in [-0.2, -0.15) is 0 Å². The fourth-order valence-electron chi connectivity index (χ4n) is 0. The highest BCUT2D eigenvalue weighted by Crippen LogP contribution is 1.14. The maximum Gasteiger partial charge on any atom is 0.455 e. The van der Waals surface area contributed by atoms with Gasteiger partial charge in [0.1, 0.15) is 0 Å². The molecule has 0 saturated heterocycles. The van der Waals surface area contributed by atoms with Gasteiger partial charge in [0.2, 0.25) is 6.26 Å². The quantitative estimate of drug-likeness (QED) is 0.284. The average Bonchev–Trinajstić information content (AvgIpc) is 0.918. The van der Waals surface area contributed by atoms with Gasteiger partial charge in [-0.15, -0.1) is 0 Å². The van der Waals surface area contributed by atoms with Crippen LogP contribution in [0, 0.1) is 0 Å². The second-order valence-corrected chi connectivity index (χ2v) is 0.500. The first-order valence-electron chi connectivity index (χ1n) is 0.575. The Bertz CT molecular complexity index is 15.5. The molecule has 0 rings (SSSR count). The molecule has 0 unspecified atom stereocenters. The van der Waals surface area contributed by atoms with E-state index in [1.54, 1.807) is 0 Å². The van der Waals surface area contributed by atoms with Crippen molar-refractivity contribution in [1.82, 2.24) is 0 Å². The van der Waals surface area contributed by atoms with E-state index in [2.05, 4.69) is 0 Å². The Balaban J connectivity index is 0. The van der Waals surface area contributed by atoms with E-state index in [4.69, 9.17) is 4.21 Å². The zero-order valence-corrected chi connectivity index (χ0v) is 3.21. The van der Waals surface area contributed by atoms with Crippen LogP contribution in [0.2, 0.25) is 0 Å². The fraction of sp³-hybridized carbons (Fsp3) is 1.00. The second-order valence-electron chi connectivity index (χ2n) is 0.167. The summed E-state index contributed by atoms with van der Waals surface area (Å²) < 4.78 is 8.85. The van der Waals surface area contributed by atoms with Crippen LogP contribution in [-0.4, -0.2) is 14.7 Å². The summed E-state index contributed by atoms with van der Waals surface area (Å²) in [5.41, 5.74) is 0. The van der Waals surface area contributed by atoms with Crippen molar-refractivity contribution in [2.24, 2.45) is 0 Å². The zero-order chi connectivity index (χ0) is 2.71. The van der Waals surface area contributed by atoms with Crippen molar-refractivity contribution in [1.29, 1.82) is 0 Å². The van der Waals surface area contributed by atoms with Gasteiger partial charge in [-0.25, -0.2) is 0 Å². The predicted molar refractivity (Wildman–Crippen MR) is 19.7 cm³/mol. The first-order chi connectivity index (χ1) is 1.41. The minimum atomic E-state index is 0. The molecule has 0 fully saturated rings. The number of hydrogen-bond donors (Lipinski definition) is 0. The van der Waals surface area contributed by atoms with Crippen molar-refractivity contribution < 1.29 is 4.21 Å². The lowest BCUT2D eigenvalue weighted by Crippen LogP contribution is -1.32. The molecule has 0 aromatic carbocycles. The molecule has 0 atom stereocenters. The van der Waals surface area contributed by atoms with E-state index in [0.29, 0.717) is 11.7 Å². The molecule has 3 heteroatoms. The van der Waals surface area contributed by atoms with Crippen LogP contribution >= 0.6 is 0 Å². The highest BCUT2D eigenvalue weighted by Gasteiger charge is 1.54. The van der Waals surface area contributed by atoms with Crippen LogP contribution < -0.4 is 0 Å². The van der Waals surface area contributed by atoms with Crippen molar-refractivity contribution in [3.63, 3.8) is 0 Å². The van der Waals surface area contributed by atoms with Crippen molar-refractivity contribution in [2.75, 3.05) is 6.26 Å². The van der Waals surface area contributed by atoms with E-state index in [1.165, 1.54) is 6.26 Å². The van der Waals surface area contributed by atoms with Gasteiger partial charge < -0.3 is 0 Å². The van der Waals surface area contributed by atoms with E-state index in [9.17, 15) is 0 Å². The third-order valence-electron chi connectivity index (χ3n) is 0. The van der Waals surface area contributed by atoms with Crippen LogP contribution in [0.4, 0.5) is 0 Å². The minimum Gasteiger partial charge on any atom is 0 e. The Morgan fingerprint density at radius 1 is 1.75 bits per heavy atom. The van der Waals surface area contributed by atoms with Gasteiger partial charge in [-0.3, -0.25) is 0 Å². The molecule has 0 aromatic rings. The second kappa shape index (κ2) is 11.4. The summed E-state index contributed by atoms with van der Waals surface area (Å²) in [4.78, 5) is 0. The lowest BCUT2D eigenvalue weighted by Gasteiger charge is -0.931. The van der Waals surface area contributed by atoms with E-state index in [0.717, 1.165) is 0 Å². The largest absolute Gasteiger partial charge is 0.455 e. The zero-order valence-electron chi connectivity index (χ0n) is 2.39. The maximum absolute atomic E-state index is 8.85. The lowest BCUT2D eigenvalue weighted by atomic mass is 10.8. The van der Waals surface area contributed by atoms with Gasteiger partial charge in [0, 0.05) is 12.6 Å². The van der Waals surface area contributed by atoms with Crippen molar-refractivity contribution in [3.05, 3.63) is 0 Å². The van der Waals surface area contributed by atoms with Crippen LogP contribution in [0.25, 0.3) is 0 Å². The molecular weight excluding hydrogens is 70.9 g/mol. The van der Waals surface area contributed by atoms with Crippen LogP contribution in [0.5, 0.6) is 0 Å². The lowest BCUT2D eigenvalue weighted by molar-refractivity contribution is 0.607. The Morgan fingerprint density at radius 3 is 1.75 bits per heavy atom. The van der Waals surface area contributed by atoms with Gasteiger partial charge in [-0.1, -0.05) is 0 Å². The summed E-state index contributed by atoms with van der Waals surface area (Å²) >= 11 is 0.500. The molecule has 3 radical (unpaired) electrons. The first kappa shape index (κ1) is 8.94. The monoisotopic (exact) mass is 74.0 g/mol. The van der Waals surface area contributed by atoms with Gasteiger partial charge in [0.05, 0.1) is 0 Å². The van der Waals surface area contributed by atoms with E-state index >= 15 is 0 Å². The molecule has 0 aliphatic heterocycles. The van der Waals surface area contributed by atoms with Crippen LogP contribution in [0.1, 0.15) is 0 Å². The minimum absolute atomic E-state index is 0. The molecule has 1 nitrogen and oxygen atoms in total. The Labute approximate surface area is 31.5 Å². The van der Waals surface area contributed by atoms with Crippen LogP contribution in [0.3, 0.4) is 0 Å². The molecule has 0 aliphatic rings. The number of hydrogen-bond acceptors (Lipinski definition) is 1. The molecule has 21 valence electrons. The van der Waals surface area contributed by atoms with Crippen LogP contribution in [-0.2, 0) is 15.9 Å². The van der Waals surface area contributed by atoms with Gasteiger partial charge in [0.25, 0.3) is 0 Å². The summed E-state index contributed by atoms with van der Waals surface area (Å²) in [5, 5.41) is 0. The molecule has 0 amide bonds. The van der Waals surface area contributed by atoms with Gasteiger partial charge in [0.15, 0.2) is 0 Å². The first-order valence-corrected chi connectivity index (χ1v) is 1.72. The predicted octanol–water partition coefficient (Wildman–Crippen LogP) is -0.337. The topological polar surface area (TPSA) is 17.1 Å². The third kappa shape index (κ3) is 340. The van der Waals surface area contributed by atoms with Crippen molar-refractivity contribution in [2.45, 2.75) is 0 Å². The summed E-state index contributed by atoms with van der Waals surface area (Å²) in [7, 11) is 0. The Hall–Kier alpha value is 0.0849. The van der Waals surface area contributed by atoms with Gasteiger partial charge >= 0.3 is 11.7 Å². The third-order valence-corrected chi connectivity index (χ3v) is 0. The van der Waals surface area contributed by atoms with E-state index in [1.807, 2.05) is 0 Å². The van der Waals surface area contributed by atoms with Crippen molar-refractivity contribution >= 4 is 20.1 Å². The highest BCUT2D eigenvalue weighted by atomic mass is 32.1. The molecule has 0 heterocycles. The van der Waals surface area contributed by atoms with Crippen LogP contribution in [0.15, 0.2) is 0 Å². The fourth-order valence-corrected chi connectivity index (χ4v) is 0. The number of rotatable bonds is 0. The summed E-state index contributed by atoms with van der Waals surface area (Å²) in [6, 6.07) is 0. The van der Waals surface area contributed by atoms with Crippen molar-refractivity contribution in [3.8, 4) is 0 Å². The Morgan fingerprint density at radius 2 is 1.75 bits per heavy atom. The summed E-state index contributed by atoms with van der Waals surface area (Å²) in [6.07, 6.45) is 1.49. The molecule has 4 heavy (non-hydrogen) atoms. The normalized spacial score (nSPS) is 3.25. The molecular formula is CH3BOS+. The molecule has 0 N–H and O–H groups in total. The average molecular weight is 73.9 g/mol. The smallest absolute Gasteiger partial charge is 0 e.